The molecule has 0 aliphatic carbocycles. The van der Waals surface area contributed by atoms with Crippen LogP contribution in [0.25, 0.3) is 10.8 Å². The smallest absolute Gasteiger partial charge is 0.277 e. The molecule has 0 aliphatic rings. The molecular formula is C18H14BrN3O2. The van der Waals surface area contributed by atoms with E-state index in [2.05, 4.69) is 31.4 Å². The molecule has 5 nitrogen and oxygen atoms in total. The number of amides is 1. The molecule has 1 aromatic heterocycles. The number of rotatable bonds is 5. The van der Waals surface area contributed by atoms with Gasteiger partial charge in [0.2, 0.25) is 0 Å². The molecule has 1 amide bonds. The first-order valence-corrected chi connectivity index (χ1v) is 8.06. The van der Waals surface area contributed by atoms with Gasteiger partial charge in [0.15, 0.2) is 6.61 Å². The van der Waals surface area contributed by atoms with E-state index in [1.54, 1.807) is 12.3 Å². The second-order valence-corrected chi connectivity index (χ2v) is 5.78. The summed E-state index contributed by atoms with van der Waals surface area (Å²) in [6.45, 7) is -0.120. The van der Waals surface area contributed by atoms with E-state index in [0.717, 1.165) is 15.2 Å². The van der Waals surface area contributed by atoms with Gasteiger partial charge in [0, 0.05) is 16.1 Å². The minimum atomic E-state index is -0.339. The molecule has 2 aromatic carbocycles. The van der Waals surface area contributed by atoms with Crippen molar-refractivity contribution in [2.75, 3.05) is 6.61 Å². The van der Waals surface area contributed by atoms with Crippen molar-refractivity contribution < 1.29 is 9.53 Å². The van der Waals surface area contributed by atoms with Crippen LogP contribution in [0.4, 0.5) is 0 Å². The first-order valence-electron chi connectivity index (χ1n) is 7.27. The van der Waals surface area contributed by atoms with Crippen LogP contribution in [-0.2, 0) is 4.79 Å². The van der Waals surface area contributed by atoms with Crippen molar-refractivity contribution in [2.45, 2.75) is 0 Å². The van der Waals surface area contributed by atoms with Gasteiger partial charge in [-0.2, -0.15) is 5.10 Å². The van der Waals surface area contributed by atoms with Crippen LogP contribution in [0.15, 0.2) is 70.4 Å². The molecule has 120 valence electrons. The van der Waals surface area contributed by atoms with Gasteiger partial charge in [0.1, 0.15) is 5.75 Å². The van der Waals surface area contributed by atoms with Crippen molar-refractivity contribution in [2.24, 2.45) is 5.10 Å². The summed E-state index contributed by atoms with van der Waals surface area (Å²) >= 11 is 3.51. The summed E-state index contributed by atoms with van der Waals surface area (Å²) in [7, 11) is 0. The Hall–Kier alpha value is -2.73. The monoisotopic (exact) mass is 383 g/mol. The van der Waals surface area contributed by atoms with Gasteiger partial charge in [-0.1, -0.05) is 46.3 Å². The number of pyridine rings is 1. The molecular weight excluding hydrogens is 370 g/mol. The van der Waals surface area contributed by atoms with Gasteiger partial charge in [0.05, 0.1) is 11.9 Å². The topological polar surface area (TPSA) is 63.6 Å². The van der Waals surface area contributed by atoms with Crippen molar-refractivity contribution in [3.63, 3.8) is 0 Å². The Morgan fingerprint density at radius 1 is 1.12 bits per heavy atom. The number of carbonyl (C=O) groups is 1. The molecule has 6 heteroatoms. The van der Waals surface area contributed by atoms with Crippen molar-refractivity contribution in [1.82, 2.24) is 10.4 Å². The molecule has 24 heavy (non-hydrogen) atoms. The number of nitrogens with one attached hydrogen (secondary N) is 1. The van der Waals surface area contributed by atoms with E-state index in [0.29, 0.717) is 11.4 Å². The highest BCUT2D eigenvalue weighted by atomic mass is 79.9. The maximum Gasteiger partial charge on any atom is 0.277 e. The van der Waals surface area contributed by atoms with E-state index < -0.39 is 0 Å². The summed E-state index contributed by atoms with van der Waals surface area (Å²) in [6, 6.07) is 17.0. The van der Waals surface area contributed by atoms with Crippen molar-refractivity contribution in [1.29, 1.82) is 0 Å². The second kappa shape index (κ2) is 7.70. The van der Waals surface area contributed by atoms with Crippen molar-refractivity contribution in [3.05, 3.63) is 71.0 Å². The van der Waals surface area contributed by atoms with Gasteiger partial charge < -0.3 is 4.74 Å². The molecule has 0 aliphatic heterocycles. The average molecular weight is 384 g/mol. The highest BCUT2D eigenvalue weighted by Crippen LogP contribution is 2.31. The fraction of sp³-hybridized carbons (Fsp3) is 0.0556. The molecule has 0 radical (unpaired) electrons. The van der Waals surface area contributed by atoms with E-state index in [9.17, 15) is 4.79 Å². The van der Waals surface area contributed by atoms with Crippen LogP contribution in [0.5, 0.6) is 5.75 Å². The molecule has 0 unspecified atom stereocenters. The molecule has 0 bridgehead atoms. The molecule has 0 saturated heterocycles. The molecule has 1 N–H and O–H groups in total. The number of ether oxygens (including phenoxy) is 1. The number of aromatic nitrogens is 1. The zero-order chi connectivity index (χ0) is 16.8. The Bertz CT molecular complexity index is 882. The maximum absolute atomic E-state index is 11.8. The minimum absolute atomic E-state index is 0.120. The lowest BCUT2D eigenvalue weighted by atomic mass is 10.1. The zero-order valence-electron chi connectivity index (χ0n) is 12.6. The third-order valence-electron chi connectivity index (χ3n) is 3.26. The van der Waals surface area contributed by atoms with Crippen LogP contribution in [0.3, 0.4) is 0 Å². The number of hydrazone groups is 1. The van der Waals surface area contributed by atoms with Crippen LogP contribution in [0, 0.1) is 0 Å². The molecule has 0 spiro atoms. The summed E-state index contributed by atoms with van der Waals surface area (Å²) in [6.07, 6.45) is 3.14. The standard InChI is InChI=1S/C18H14BrN3O2/c19-16-8-9-17(15-7-2-1-6-14(15)16)24-12-18(23)22-21-11-13-5-3-4-10-20-13/h1-11H,12H2,(H,22,23)/b21-11-. The fourth-order valence-electron chi connectivity index (χ4n) is 2.16. The first-order chi connectivity index (χ1) is 11.7. The zero-order valence-corrected chi connectivity index (χ0v) is 14.2. The number of nitrogens with zero attached hydrogens (tertiary/aromatic N) is 2. The Morgan fingerprint density at radius 3 is 2.71 bits per heavy atom. The van der Waals surface area contributed by atoms with Gasteiger partial charge in [0.25, 0.3) is 5.91 Å². The summed E-state index contributed by atoms with van der Waals surface area (Å²) in [5.74, 6) is 0.312. The summed E-state index contributed by atoms with van der Waals surface area (Å²) < 4.78 is 6.60. The highest BCUT2D eigenvalue weighted by Gasteiger charge is 2.07. The van der Waals surface area contributed by atoms with Gasteiger partial charge >= 0.3 is 0 Å². The van der Waals surface area contributed by atoms with Crippen LogP contribution >= 0.6 is 15.9 Å². The Morgan fingerprint density at radius 2 is 1.92 bits per heavy atom. The summed E-state index contributed by atoms with van der Waals surface area (Å²) in [4.78, 5) is 15.9. The van der Waals surface area contributed by atoms with Gasteiger partial charge in [-0.25, -0.2) is 5.43 Å². The highest BCUT2D eigenvalue weighted by molar-refractivity contribution is 9.10. The van der Waals surface area contributed by atoms with Crippen molar-refractivity contribution in [3.8, 4) is 5.75 Å². The normalized spacial score (nSPS) is 10.9. The number of halogens is 1. The lowest BCUT2D eigenvalue weighted by Gasteiger charge is -2.09. The van der Waals surface area contributed by atoms with Crippen LogP contribution < -0.4 is 10.2 Å². The largest absolute Gasteiger partial charge is 0.483 e. The van der Waals surface area contributed by atoms with E-state index >= 15 is 0 Å². The van der Waals surface area contributed by atoms with E-state index in [1.165, 1.54) is 6.21 Å². The SMILES string of the molecule is O=C(COc1ccc(Br)c2ccccc12)N/N=C\c1ccccn1. The molecule has 3 aromatic rings. The number of fused-ring (bicyclic) bond motifs is 1. The minimum Gasteiger partial charge on any atom is -0.483 e. The number of hydrogen-bond donors (Lipinski definition) is 1. The quantitative estimate of drug-likeness (QED) is 0.541. The fourth-order valence-corrected chi connectivity index (χ4v) is 2.64. The number of benzene rings is 2. The number of hydrogen-bond acceptors (Lipinski definition) is 4. The van der Waals surface area contributed by atoms with E-state index in [1.807, 2.05) is 48.5 Å². The summed E-state index contributed by atoms with van der Waals surface area (Å²) in [5, 5.41) is 5.83. The predicted molar refractivity (Wildman–Crippen MR) is 97.1 cm³/mol. The second-order valence-electron chi connectivity index (χ2n) is 4.93. The first kappa shape index (κ1) is 16.1. The molecule has 1 heterocycles. The average Bonchev–Trinajstić information content (AvgIpc) is 2.62. The lowest BCUT2D eigenvalue weighted by molar-refractivity contribution is -0.123. The molecule has 3 rings (SSSR count). The van der Waals surface area contributed by atoms with Crippen LogP contribution in [-0.4, -0.2) is 23.7 Å². The third-order valence-corrected chi connectivity index (χ3v) is 3.95. The number of carbonyl (C=O) groups excluding carboxylic acids is 1. The predicted octanol–water partition coefficient (Wildman–Crippen LogP) is 3.53. The molecule has 0 atom stereocenters. The van der Waals surface area contributed by atoms with Gasteiger partial charge in [-0.15, -0.1) is 0 Å². The van der Waals surface area contributed by atoms with Crippen LogP contribution in [0.2, 0.25) is 0 Å². The van der Waals surface area contributed by atoms with E-state index in [4.69, 9.17) is 4.74 Å². The summed E-state index contributed by atoms with van der Waals surface area (Å²) in [5.41, 5.74) is 3.08. The van der Waals surface area contributed by atoms with Gasteiger partial charge in [-0.3, -0.25) is 9.78 Å². The lowest BCUT2D eigenvalue weighted by Crippen LogP contribution is -2.24. The van der Waals surface area contributed by atoms with Gasteiger partial charge in [-0.05, 0) is 29.7 Å². The van der Waals surface area contributed by atoms with E-state index in [-0.39, 0.29) is 12.5 Å². The molecule has 0 saturated carbocycles. The van der Waals surface area contributed by atoms with Crippen molar-refractivity contribution >= 4 is 38.8 Å². The Balaban J connectivity index is 1.61. The Labute approximate surface area is 147 Å². The Kier molecular flexibility index (Phi) is 5.18. The molecule has 0 fully saturated rings. The maximum atomic E-state index is 11.8. The van der Waals surface area contributed by atoms with Crippen LogP contribution in [0.1, 0.15) is 5.69 Å². The third kappa shape index (κ3) is 3.97.